The molecule has 0 aromatic rings. The predicted molar refractivity (Wildman–Crippen MR) is 71.4 cm³/mol. The van der Waals surface area contributed by atoms with Crippen molar-refractivity contribution in [1.29, 1.82) is 0 Å². The van der Waals surface area contributed by atoms with Crippen molar-refractivity contribution in [3.05, 3.63) is 0 Å². The van der Waals surface area contributed by atoms with Gasteiger partial charge in [0.1, 0.15) is 0 Å². The maximum atomic E-state index is 11.2. The molecule has 2 unspecified atom stereocenters. The van der Waals surface area contributed by atoms with Crippen molar-refractivity contribution in [3.63, 3.8) is 0 Å². The van der Waals surface area contributed by atoms with E-state index in [0.717, 1.165) is 19.4 Å². The summed E-state index contributed by atoms with van der Waals surface area (Å²) in [7, 11) is -0.156. The van der Waals surface area contributed by atoms with Crippen molar-refractivity contribution in [2.45, 2.75) is 51.7 Å². The average molecular weight is 258 g/mol. The standard InChI is InChI=1S/C13H26O3Si/c1-13(2,3)17(5,6)16-8-7-10-9-11(10)12(14)15-4/h10-11H,7-9H2,1-6H3. The van der Waals surface area contributed by atoms with Crippen LogP contribution < -0.4 is 0 Å². The van der Waals surface area contributed by atoms with E-state index in [9.17, 15) is 4.79 Å². The van der Waals surface area contributed by atoms with Crippen molar-refractivity contribution in [2.24, 2.45) is 11.8 Å². The van der Waals surface area contributed by atoms with E-state index < -0.39 is 8.32 Å². The Morgan fingerprint density at radius 2 is 1.94 bits per heavy atom. The highest BCUT2D eigenvalue weighted by Crippen LogP contribution is 2.43. The number of methoxy groups -OCH3 is 1. The van der Waals surface area contributed by atoms with Gasteiger partial charge < -0.3 is 9.16 Å². The Hall–Kier alpha value is -0.353. The monoisotopic (exact) mass is 258 g/mol. The van der Waals surface area contributed by atoms with Gasteiger partial charge in [-0.1, -0.05) is 20.8 Å². The Labute approximate surface area is 106 Å². The van der Waals surface area contributed by atoms with Crippen molar-refractivity contribution in [2.75, 3.05) is 13.7 Å². The van der Waals surface area contributed by atoms with E-state index in [1.54, 1.807) is 0 Å². The molecular weight excluding hydrogens is 232 g/mol. The number of rotatable bonds is 5. The molecule has 0 radical (unpaired) electrons. The smallest absolute Gasteiger partial charge is 0.308 e. The molecule has 0 spiro atoms. The lowest BCUT2D eigenvalue weighted by Crippen LogP contribution is -2.41. The number of carbonyl (C=O) groups is 1. The van der Waals surface area contributed by atoms with Gasteiger partial charge in [-0.25, -0.2) is 0 Å². The van der Waals surface area contributed by atoms with E-state index in [1.807, 2.05) is 0 Å². The van der Waals surface area contributed by atoms with Crippen LogP contribution in [0.4, 0.5) is 0 Å². The van der Waals surface area contributed by atoms with E-state index in [1.165, 1.54) is 7.11 Å². The summed E-state index contributed by atoms with van der Waals surface area (Å²) in [6.45, 7) is 12.0. The molecule has 1 fully saturated rings. The van der Waals surface area contributed by atoms with Gasteiger partial charge in [-0.05, 0) is 36.9 Å². The van der Waals surface area contributed by atoms with Crippen LogP contribution in [0.2, 0.25) is 18.1 Å². The van der Waals surface area contributed by atoms with Crippen LogP contribution in [0.3, 0.4) is 0 Å². The average Bonchev–Trinajstić information content (AvgIpc) is 2.94. The summed E-state index contributed by atoms with van der Waals surface area (Å²) in [4.78, 5) is 11.2. The Balaban J connectivity index is 2.24. The minimum absolute atomic E-state index is 0.0534. The van der Waals surface area contributed by atoms with Gasteiger partial charge in [0.25, 0.3) is 0 Å². The van der Waals surface area contributed by atoms with E-state index >= 15 is 0 Å². The first-order chi connectivity index (χ1) is 7.69. The van der Waals surface area contributed by atoms with Crippen LogP contribution >= 0.6 is 0 Å². The maximum Gasteiger partial charge on any atom is 0.308 e. The van der Waals surface area contributed by atoms with Gasteiger partial charge >= 0.3 is 5.97 Å². The molecule has 1 rings (SSSR count). The van der Waals surface area contributed by atoms with Crippen LogP contribution in [0.15, 0.2) is 0 Å². The van der Waals surface area contributed by atoms with Crippen LogP contribution in [0.1, 0.15) is 33.6 Å². The molecule has 0 amide bonds. The summed E-state index contributed by atoms with van der Waals surface area (Å²) in [5.74, 6) is 0.581. The van der Waals surface area contributed by atoms with Crippen molar-refractivity contribution in [3.8, 4) is 0 Å². The van der Waals surface area contributed by atoms with Gasteiger partial charge in [0.05, 0.1) is 13.0 Å². The largest absolute Gasteiger partial charge is 0.469 e. The zero-order chi connectivity index (χ0) is 13.3. The maximum absolute atomic E-state index is 11.2. The molecule has 4 heteroatoms. The van der Waals surface area contributed by atoms with Gasteiger partial charge in [0.2, 0.25) is 0 Å². The molecule has 1 saturated carbocycles. The number of hydrogen-bond acceptors (Lipinski definition) is 3. The van der Waals surface area contributed by atoms with Gasteiger partial charge in [0, 0.05) is 6.61 Å². The van der Waals surface area contributed by atoms with Crippen LogP contribution in [0, 0.1) is 11.8 Å². The molecule has 17 heavy (non-hydrogen) atoms. The van der Waals surface area contributed by atoms with Crippen molar-refractivity contribution < 1.29 is 14.0 Å². The number of carbonyl (C=O) groups excluding carboxylic acids is 1. The minimum Gasteiger partial charge on any atom is -0.469 e. The zero-order valence-corrected chi connectivity index (χ0v) is 13.0. The summed E-state index contributed by atoms with van der Waals surface area (Å²) in [5.41, 5.74) is 0. The highest BCUT2D eigenvalue weighted by atomic mass is 28.4. The fourth-order valence-electron chi connectivity index (χ4n) is 1.69. The fraction of sp³-hybridized carbons (Fsp3) is 0.923. The second-order valence-corrected chi connectivity index (χ2v) is 11.3. The highest BCUT2D eigenvalue weighted by Gasteiger charge is 2.44. The number of hydrogen-bond donors (Lipinski definition) is 0. The Bertz CT molecular complexity index is 281. The minimum atomic E-state index is -1.62. The Kier molecular flexibility index (Phi) is 4.41. The first-order valence-corrected chi connectivity index (χ1v) is 9.31. The molecule has 2 atom stereocenters. The van der Waals surface area contributed by atoms with Gasteiger partial charge in [-0.3, -0.25) is 4.79 Å². The van der Waals surface area contributed by atoms with Crippen LogP contribution in [0.5, 0.6) is 0 Å². The third-order valence-corrected chi connectivity index (χ3v) is 8.72. The molecule has 0 bridgehead atoms. The molecule has 1 aliphatic rings. The molecule has 100 valence electrons. The van der Waals surface area contributed by atoms with Gasteiger partial charge in [-0.15, -0.1) is 0 Å². The Morgan fingerprint density at radius 3 is 2.41 bits per heavy atom. The molecule has 0 aromatic heterocycles. The first kappa shape index (κ1) is 14.7. The summed E-state index contributed by atoms with van der Waals surface area (Å²) < 4.78 is 10.8. The van der Waals surface area contributed by atoms with E-state index in [0.29, 0.717) is 5.92 Å². The normalized spacial score (nSPS) is 24.6. The quantitative estimate of drug-likeness (QED) is 0.561. The van der Waals surface area contributed by atoms with Gasteiger partial charge in [-0.2, -0.15) is 0 Å². The second kappa shape index (κ2) is 5.10. The molecule has 3 nitrogen and oxygen atoms in total. The number of ether oxygens (including phenoxy) is 1. The van der Waals surface area contributed by atoms with Crippen molar-refractivity contribution >= 4 is 14.3 Å². The lowest BCUT2D eigenvalue weighted by molar-refractivity contribution is -0.142. The molecular formula is C13H26O3Si. The third-order valence-electron chi connectivity index (χ3n) is 4.18. The van der Waals surface area contributed by atoms with E-state index in [-0.39, 0.29) is 16.9 Å². The summed E-state index contributed by atoms with van der Waals surface area (Å²) >= 11 is 0. The predicted octanol–water partition coefficient (Wildman–Crippen LogP) is 3.21. The topological polar surface area (TPSA) is 35.5 Å². The fourth-order valence-corrected chi connectivity index (χ4v) is 2.75. The summed E-state index contributed by atoms with van der Waals surface area (Å²) in [6.07, 6.45) is 1.97. The molecule has 0 aliphatic heterocycles. The molecule has 0 heterocycles. The van der Waals surface area contributed by atoms with Crippen LogP contribution in [-0.2, 0) is 14.0 Å². The highest BCUT2D eigenvalue weighted by molar-refractivity contribution is 6.74. The molecule has 1 aliphatic carbocycles. The Morgan fingerprint density at radius 1 is 1.35 bits per heavy atom. The lowest BCUT2D eigenvalue weighted by Gasteiger charge is -2.36. The molecule has 0 saturated heterocycles. The lowest BCUT2D eigenvalue weighted by atomic mass is 10.2. The first-order valence-electron chi connectivity index (χ1n) is 6.41. The number of esters is 1. The van der Waals surface area contributed by atoms with Crippen LogP contribution in [0.25, 0.3) is 0 Å². The molecule has 0 N–H and O–H groups in total. The summed E-state index contributed by atoms with van der Waals surface area (Å²) in [5, 5.41) is 0.262. The van der Waals surface area contributed by atoms with E-state index in [4.69, 9.17) is 9.16 Å². The summed E-state index contributed by atoms with van der Waals surface area (Å²) in [6, 6.07) is 0. The van der Waals surface area contributed by atoms with Crippen LogP contribution in [-0.4, -0.2) is 28.0 Å². The van der Waals surface area contributed by atoms with Gasteiger partial charge in [0.15, 0.2) is 8.32 Å². The zero-order valence-electron chi connectivity index (χ0n) is 12.0. The SMILES string of the molecule is COC(=O)C1CC1CCO[Si](C)(C)C(C)(C)C. The third kappa shape index (κ3) is 3.81. The molecule has 0 aromatic carbocycles. The van der Waals surface area contributed by atoms with E-state index in [2.05, 4.69) is 33.9 Å². The second-order valence-electron chi connectivity index (χ2n) is 6.52. The van der Waals surface area contributed by atoms with Crippen molar-refractivity contribution in [1.82, 2.24) is 0 Å².